The van der Waals surface area contributed by atoms with Crippen molar-refractivity contribution in [2.24, 2.45) is 5.41 Å². The third-order valence-corrected chi connectivity index (χ3v) is 3.81. The van der Waals surface area contributed by atoms with Crippen molar-refractivity contribution in [3.8, 4) is 0 Å². The molecule has 1 fully saturated rings. The van der Waals surface area contributed by atoms with Crippen molar-refractivity contribution in [2.45, 2.75) is 45.7 Å². The van der Waals surface area contributed by atoms with Crippen LogP contribution in [-0.2, 0) is 0 Å². The van der Waals surface area contributed by atoms with Crippen LogP contribution >= 0.6 is 0 Å². The SMILES string of the molecule is CCCN(CC(F)(F)F)CC1(CC)CCCNC1. The van der Waals surface area contributed by atoms with Gasteiger partial charge in [-0.1, -0.05) is 13.8 Å². The van der Waals surface area contributed by atoms with E-state index < -0.39 is 12.7 Å². The summed E-state index contributed by atoms with van der Waals surface area (Å²) < 4.78 is 37.7. The lowest BCUT2D eigenvalue weighted by Crippen LogP contribution is -2.49. The van der Waals surface area contributed by atoms with Gasteiger partial charge in [-0.25, -0.2) is 0 Å². The zero-order chi connectivity index (χ0) is 13.6. The molecular weight excluding hydrogens is 241 g/mol. The van der Waals surface area contributed by atoms with E-state index in [1.54, 1.807) is 4.90 Å². The standard InChI is InChI=1S/C13H25F3N2/c1-3-8-18(11-13(14,15)16)10-12(4-2)6-5-7-17-9-12/h17H,3-11H2,1-2H3. The van der Waals surface area contributed by atoms with Crippen molar-refractivity contribution in [1.82, 2.24) is 10.2 Å². The summed E-state index contributed by atoms with van der Waals surface area (Å²) in [6.07, 6.45) is -0.276. The van der Waals surface area contributed by atoms with Gasteiger partial charge in [0, 0.05) is 13.1 Å². The van der Waals surface area contributed by atoms with E-state index in [1.165, 1.54) is 0 Å². The molecule has 1 N–H and O–H groups in total. The minimum absolute atomic E-state index is 0.0265. The molecular formula is C13H25F3N2. The minimum Gasteiger partial charge on any atom is -0.316 e. The zero-order valence-corrected chi connectivity index (χ0v) is 11.4. The molecule has 18 heavy (non-hydrogen) atoms. The molecule has 1 unspecified atom stereocenters. The van der Waals surface area contributed by atoms with E-state index in [1.807, 2.05) is 6.92 Å². The fraction of sp³-hybridized carbons (Fsp3) is 1.00. The Morgan fingerprint density at radius 1 is 1.28 bits per heavy atom. The van der Waals surface area contributed by atoms with Crippen molar-refractivity contribution in [2.75, 3.05) is 32.7 Å². The van der Waals surface area contributed by atoms with E-state index in [2.05, 4.69) is 12.2 Å². The highest BCUT2D eigenvalue weighted by Gasteiger charge is 2.36. The van der Waals surface area contributed by atoms with Crippen molar-refractivity contribution in [3.63, 3.8) is 0 Å². The maximum absolute atomic E-state index is 12.6. The molecule has 1 aliphatic heterocycles. The molecule has 0 bridgehead atoms. The second-order valence-corrected chi connectivity index (χ2v) is 5.46. The van der Waals surface area contributed by atoms with Crippen LogP contribution < -0.4 is 5.32 Å². The van der Waals surface area contributed by atoms with Crippen LogP contribution in [-0.4, -0.2) is 43.8 Å². The highest BCUT2D eigenvalue weighted by atomic mass is 19.4. The Bertz CT molecular complexity index is 235. The quantitative estimate of drug-likeness (QED) is 0.795. The number of halogens is 3. The molecule has 0 aromatic rings. The molecule has 0 saturated carbocycles. The molecule has 0 aromatic carbocycles. The topological polar surface area (TPSA) is 15.3 Å². The Morgan fingerprint density at radius 2 is 2.00 bits per heavy atom. The molecule has 1 rings (SSSR count). The predicted molar refractivity (Wildman–Crippen MR) is 67.6 cm³/mol. The van der Waals surface area contributed by atoms with E-state index in [9.17, 15) is 13.2 Å². The summed E-state index contributed by atoms with van der Waals surface area (Å²) in [5, 5.41) is 3.33. The first-order valence-electron chi connectivity index (χ1n) is 6.90. The van der Waals surface area contributed by atoms with Gasteiger partial charge in [0.25, 0.3) is 0 Å². The van der Waals surface area contributed by atoms with Gasteiger partial charge >= 0.3 is 6.18 Å². The van der Waals surface area contributed by atoms with Gasteiger partial charge in [-0.15, -0.1) is 0 Å². The molecule has 1 aliphatic rings. The largest absolute Gasteiger partial charge is 0.401 e. The average Bonchev–Trinajstić information content (AvgIpc) is 2.28. The lowest BCUT2D eigenvalue weighted by molar-refractivity contribution is -0.149. The normalized spacial score (nSPS) is 25.7. The fourth-order valence-corrected chi connectivity index (χ4v) is 2.84. The van der Waals surface area contributed by atoms with Crippen LogP contribution in [0.4, 0.5) is 13.2 Å². The molecule has 108 valence electrons. The molecule has 2 nitrogen and oxygen atoms in total. The van der Waals surface area contributed by atoms with Crippen molar-refractivity contribution < 1.29 is 13.2 Å². The summed E-state index contributed by atoms with van der Waals surface area (Å²) in [5.41, 5.74) is 0.0265. The molecule has 1 heterocycles. The number of nitrogens with zero attached hydrogens (tertiary/aromatic N) is 1. The Kier molecular flexibility index (Phi) is 5.92. The van der Waals surface area contributed by atoms with Gasteiger partial charge in [0.2, 0.25) is 0 Å². The average molecular weight is 266 g/mol. The van der Waals surface area contributed by atoms with E-state index in [0.29, 0.717) is 13.1 Å². The van der Waals surface area contributed by atoms with E-state index in [4.69, 9.17) is 0 Å². The van der Waals surface area contributed by atoms with Gasteiger partial charge in [0.05, 0.1) is 6.54 Å². The Morgan fingerprint density at radius 3 is 2.44 bits per heavy atom. The summed E-state index contributed by atoms with van der Waals surface area (Å²) in [7, 11) is 0. The lowest BCUT2D eigenvalue weighted by Gasteiger charge is -2.41. The Hall–Kier alpha value is -0.290. The lowest BCUT2D eigenvalue weighted by atomic mass is 9.78. The van der Waals surface area contributed by atoms with Crippen LogP contribution in [0.2, 0.25) is 0 Å². The summed E-state index contributed by atoms with van der Waals surface area (Å²) in [6, 6.07) is 0. The van der Waals surface area contributed by atoms with Gasteiger partial charge in [0.1, 0.15) is 0 Å². The summed E-state index contributed by atoms with van der Waals surface area (Å²) in [6.45, 7) is 6.18. The molecule has 0 aliphatic carbocycles. The predicted octanol–water partition coefficient (Wildman–Crippen LogP) is 3.04. The fourth-order valence-electron chi connectivity index (χ4n) is 2.84. The van der Waals surface area contributed by atoms with Crippen molar-refractivity contribution in [3.05, 3.63) is 0 Å². The van der Waals surface area contributed by atoms with Crippen LogP contribution in [0.25, 0.3) is 0 Å². The first kappa shape index (κ1) is 15.8. The number of alkyl halides is 3. The van der Waals surface area contributed by atoms with Crippen LogP contribution in [0.1, 0.15) is 39.5 Å². The third-order valence-electron chi connectivity index (χ3n) is 3.81. The number of hydrogen-bond acceptors (Lipinski definition) is 2. The molecule has 1 saturated heterocycles. The molecule has 0 aromatic heterocycles. The van der Waals surface area contributed by atoms with E-state index >= 15 is 0 Å². The first-order valence-corrected chi connectivity index (χ1v) is 6.90. The first-order chi connectivity index (χ1) is 8.41. The van der Waals surface area contributed by atoms with Crippen LogP contribution in [0.5, 0.6) is 0 Å². The third kappa shape index (κ3) is 5.14. The molecule has 0 spiro atoms. The van der Waals surface area contributed by atoms with Gasteiger partial charge in [0.15, 0.2) is 0 Å². The summed E-state index contributed by atoms with van der Waals surface area (Å²) in [4.78, 5) is 1.58. The number of rotatable bonds is 6. The second-order valence-electron chi connectivity index (χ2n) is 5.46. The van der Waals surface area contributed by atoms with Crippen LogP contribution in [0.15, 0.2) is 0 Å². The zero-order valence-electron chi connectivity index (χ0n) is 11.4. The van der Waals surface area contributed by atoms with Gasteiger partial charge in [-0.05, 0) is 44.2 Å². The molecule has 1 atom stereocenters. The van der Waals surface area contributed by atoms with Crippen molar-refractivity contribution >= 4 is 0 Å². The number of nitrogens with one attached hydrogen (secondary N) is 1. The highest BCUT2D eigenvalue weighted by molar-refractivity contribution is 4.87. The number of hydrogen-bond donors (Lipinski definition) is 1. The van der Waals surface area contributed by atoms with Crippen LogP contribution in [0.3, 0.4) is 0 Å². The van der Waals surface area contributed by atoms with Crippen molar-refractivity contribution in [1.29, 1.82) is 0 Å². The highest BCUT2D eigenvalue weighted by Crippen LogP contribution is 2.32. The molecule has 0 radical (unpaired) electrons. The summed E-state index contributed by atoms with van der Waals surface area (Å²) >= 11 is 0. The molecule has 5 heteroatoms. The van der Waals surface area contributed by atoms with E-state index in [0.717, 1.165) is 38.8 Å². The van der Waals surface area contributed by atoms with Crippen LogP contribution in [0, 0.1) is 5.41 Å². The Balaban J connectivity index is 2.62. The van der Waals surface area contributed by atoms with Gasteiger partial charge < -0.3 is 5.32 Å². The maximum atomic E-state index is 12.6. The smallest absolute Gasteiger partial charge is 0.316 e. The van der Waals surface area contributed by atoms with Gasteiger partial charge in [-0.3, -0.25) is 4.90 Å². The monoisotopic (exact) mass is 266 g/mol. The Labute approximate surface area is 108 Å². The van der Waals surface area contributed by atoms with Gasteiger partial charge in [-0.2, -0.15) is 13.2 Å². The summed E-state index contributed by atoms with van der Waals surface area (Å²) in [5.74, 6) is 0. The molecule has 0 amide bonds. The second kappa shape index (κ2) is 6.75. The maximum Gasteiger partial charge on any atom is 0.401 e. The number of piperidine rings is 1. The van der Waals surface area contributed by atoms with E-state index in [-0.39, 0.29) is 5.41 Å². The minimum atomic E-state index is -4.09.